The lowest BCUT2D eigenvalue weighted by Gasteiger charge is -2.11. The number of H-pyrrole nitrogens is 1. The number of hydrogen-bond donors (Lipinski definition) is 3. The first kappa shape index (κ1) is 11.3. The summed E-state index contributed by atoms with van der Waals surface area (Å²) in [4.78, 5) is 15.1. The molecular formula is C14H17N3O. The average molecular weight is 243 g/mol. The summed E-state index contributed by atoms with van der Waals surface area (Å²) in [6, 6.07) is 8.13. The molecule has 4 heteroatoms. The Bertz CT molecular complexity index is 555. The fourth-order valence-corrected chi connectivity index (χ4v) is 2.44. The van der Waals surface area contributed by atoms with Crippen molar-refractivity contribution in [3.05, 3.63) is 36.0 Å². The maximum absolute atomic E-state index is 12.0. The molecule has 0 bridgehead atoms. The Morgan fingerprint density at radius 2 is 2.33 bits per heavy atom. The van der Waals surface area contributed by atoms with Crippen LogP contribution >= 0.6 is 0 Å². The van der Waals surface area contributed by atoms with Crippen LogP contribution in [0.2, 0.25) is 0 Å². The summed E-state index contributed by atoms with van der Waals surface area (Å²) >= 11 is 0. The lowest BCUT2D eigenvalue weighted by Crippen LogP contribution is -2.37. The molecule has 18 heavy (non-hydrogen) atoms. The van der Waals surface area contributed by atoms with E-state index < -0.39 is 0 Å². The number of amides is 1. The molecule has 94 valence electrons. The normalized spacial score (nSPS) is 19.2. The van der Waals surface area contributed by atoms with Crippen LogP contribution in [0.25, 0.3) is 10.9 Å². The van der Waals surface area contributed by atoms with Gasteiger partial charge in [0.2, 0.25) is 0 Å². The first-order chi connectivity index (χ1) is 8.83. The first-order valence-corrected chi connectivity index (χ1v) is 6.42. The summed E-state index contributed by atoms with van der Waals surface area (Å²) in [5.41, 5.74) is 1.78. The summed E-state index contributed by atoms with van der Waals surface area (Å²) in [5.74, 6) is 0.00630. The van der Waals surface area contributed by atoms with Gasteiger partial charge in [-0.15, -0.1) is 0 Å². The summed E-state index contributed by atoms with van der Waals surface area (Å²) in [7, 11) is 0. The molecule has 3 N–H and O–H groups in total. The van der Waals surface area contributed by atoms with Gasteiger partial charge in [-0.2, -0.15) is 0 Å². The molecular weight excluding hydrogens is 226 g/mol. The molecule has 1 aromatic carbocycles. The molecule has 1 saturated heterocycles. The van der Waals surface area contributed by atoms with Crippen molar-refractivity contribution in [1.29, 1.82) is 0 Å². The number of aromatic amines is 1. The molecule has 1 aliphatic rings. The lowest BCUT2D eigenvalue weighted by atomic mass is 10.1. The number of fused-ring (bicyclic) bond motifs is 1. The largest absolute Gasteiger partial charge is 0.361 e. The molecule has 2 heterocycles. The van der Waals surface area contributed by atoms with Crippen LogP contribution in [0.4, 0.5) is 0 Å². The van der Waals surface area contributed by atoms with Crippen molar-refractivity contribution in [3.8, 4) is 0 Å². The molecule has 0 saturated carbocycles. The van der Waals surface area contributed by atoms with Crippen molar-refractivity contribution in [2.24, 2.45) is 0 Å². The molecule has 0 spiro atoms. The molecule has 2 aromatic rings. The standard InChI is InChI=1S/C14H17N3O/c18-14(17-9-12-2-1-6-15-12)11-3-4-13-10(8-11)5-7-16-13/h3-5,7-8,12,15-16H,1-2,6,9H2,(H,17,18). The van der Waals surface area contributed by atoms with Crippen LogP contribution in [0.15, 0.2) is 30.5 Å². The summed E-state index contributed by atoms with van der Waals surface area (Å²) in [6.45, 7) is 1.78. The van der Waals surface area contributed by atoms with Gasteiger partial charge in [0.05, 0.1) is 0 Å². The van der Waals surface area contributed by atoms with Crippen molar-refractivity contribution < 1.29 is 4.79 Å². The van der Waals surface area contributed by atoms with Gasteiger partial charge >= 0.3 is 0 Å². The fraction of sp³-hybridized carbons (Fsp3) is 0.357. The highest BCUT2D eigenvalue weighted by atomic mass is 16.1. The number of aromatic nitrogens is 1. The number of carbonyl (C=O) groups excluding carboxylic acids is 1. The average Bonchev–Trinajstić information content (AvgIpc) is 3.05. The van der Waals surface area contributed by atoms with Crippen LogP contribution < -0.4 is 10.6 Å². The number of benzene rings is 1. The highest BCUT2D eigenvalue weighted by molar-refractivity contribution is 5.98. The van der Waals surface area contributed by atoms with E-state index in [4.69, 9.17) is 0 Å². The van der Waals surface area contributed by atoms with Crippen molar-refractivity contribution in [2.75, 3.05) is 13.1 Å². The van der Waals surface area contributed by atoms with E-state index in [0.29, 0.717) is 12.6 Å². The van der Waals surface area contributed by atoms with E-state index in [9.17, 15) is 4.79 Å². The van der Waals surface area contributed by atoms with Gasteiger partial charge in [0, 0.05) is 35.2 Å². The second kappa shape index (κ2) is 4.82. The van der Waals surface area contributed by atoms with Crippen molar-refractivity contribution >= 4 is 16.8 Å². The minimum absolute atomic E-state index is 0.00630. The van der Waals surface area contributed by atoms with Crippen LogP contribution in [-0.2, 0) is 0 Å². The Balaban J connectivity index is 1.67. The highest BCUT2D eigenvalue weighted by Crippen LogP contribution is 2.14. The van der Waals surface area contributed by atoms with Gasteiger partial charge in [-0.05, 0) is 43.7 Å². The molecule has 0 aliphatic carbocycles. The predicted molar refractivity (Wildman–Crippen MR) is 71.7 cm³/mol. The Labute approximate surface area is 106 Å². The minimum atomic E-state index is 0.00630. The number of rotatable bonds is 3. The van der Waals surface area contributed by atoms with Crippen LogP contribution in [-0.4, -0.2) is 30.0 Å². The number of carbonyl (C=O) groups is 1. The second-order valence-electron chi connectivity index (χ2n) is 4.78. The maximum atomic E-state index is 12.0. The van der Waals surface area contributed by atoms with Gasteiger partial charge in [0.25, 0.3) is 5.91 Å². The van der Waals surface area contributed by atoms with Gasteiger partial charge in [-0.1, -0.05) is 0 Å². The molecule has 1 atom stereocenters. The zero-order chi connectivity index (χ0) is 12.4. The van der Waals surface area contributed by atoms with Crippen molar-refractivity contribution in [2.45, 2.75) is 18.9 Å². The third kappa shape index (κ3) is 2.24. The third-order valence-electron chi connectivity index (χ3n) is 3.49. The topological polar surface area (TPSA) is 56.9 Å². The van der Waals surface area contributed by atoms with Crippen LogP contribution in [0.1, 0.15) is 23.2 Å². The third-order valence-corrected chi connectivity index (χ3v) is 3.49. The van der Waals surface area contributed by atoms with E-state index in [1.54, 1.807) is 0 Å². The van der Waals surface area contributed by atoms with Gasteiger partial charge in [-0.25, -0.2) is 0 Å². The number of nitrogens with one attached hydrogen (secondary N) is 3. The summed E-state index contributed by atoms with van der Waals surface area (Å²) in [5, 5.41) is 7.43. The zero-order valence-electron chi connectivity index (χ0n) is 10.2. The van der Waals surface area contributed by atoms with Crippen molar-refractivity contribution in [1.82, 2.24) is 15.6 Å². The molecule has 3 rings (SSSR count). The van der Waals surface area contributed by atoms with Crippen LogP contribution in [0, 0.1) is 0 Å². The maximum Gasteiger partial charge on any atom is 0.251 e. The van der Waals surface area contributed by atoms with Gasteiger partial charge in [-0.3, -0.25) is 4.79 Å². The van der Waals surface area contributed by atoms with Gasteiger partial charge in [0.15, 0.2) is 0 Å². The van der Waals surface area contributed by atoms with E-state index in [-0.39, 0.29) is 5.91 Å². The molecule has 0 radical (unpaired) electrons. The van der Waals surface area contributed by atoms with E-state index in [1.807, 2.05) is 30.5 Å². The summed E-state index contributed by atoms with van der Waals surface area (Å²) in [6.07, 6.45) is 4.24. The zero-order valence-corrected chi connectivity index (χ0v) is 10.2. The highest BCUT2D eigenvalue weighted by Gasteiger charge is 2.15. The molecule has 1 aliphatic heterocycles. The second-order valence-corrected chi connectivity index (χ2v) is 4.78. The lowest BCUT2D eigenvalue weighted by molar-refractivity contribution is 0.0950. The molecule has 1 aromatic heterocycles. The van der Waals surface area contributed by atoms with Gasteiger partial charge in [0.1, 0.15) is 0 Å². The fourth-order valence-electron chi connectivity index (χ4n) is 2.44. The van der Waals surface area contributed by atoms with E-state index in [1.165, 1.54) is 6.42 Å². The van der Waals surface area contributed by atoms with Gasteiger partial charge < -0.3 is 15.6 Å². The molecule has 1 fully saturated rings. The Morgan fingerprint density at radius 3 is 3.17 bits per heavy atom. The first-order valence-electron chi connectivity index (χ1n) is 6.42. The predicted octanol–water partition coefficient (Wildman–Crippen LogP) is 1.65. The SMILES string of the molecule is O=C(NCC1CCCN1)c1ccc2[nH]ccc2c1. The summed E-state index contributed by atoms with van der Waals surface area (Å²) < 4.78 is 0. The van der Waals surface area contributed by atoms with Crippen LogP contribution in [0.3, 0.4) is 0 Å². The Hall–Kier alpha value is -1.81. The van der Waals surface area contributed by atoms with Crippen LogP contribution in [0.5, 0.6) is 0 Å². The number of hydrogen-bond acceptors (Lipinski definition) is 2. The van der Waals surface area contributed by atoms with E-state index in [2.05, 4.69) is 15.6 Å². The smallest absolute Gasteiger partial charge is 0.251 e. The van der Waals surface area contributed by atoms with E-state index >= 15 is 0 Å². The molecule has 1 unspecified atom stereocenters. The molecule has 1 amide bonds. The molecule has 4 nitrogen and oxygen atoms in total. The Kier molecular flexibility index (Phi) is 3.02. The quantitative estimate of drug-likeness (QED) is 0.767. The van der Waals surface area contributed by atoms with Crippen molar-refractivity contribution in [3.63, 3.8) is 0 Å². The Morgan fingerprint density at radius 1 is 1.39 bits per heavy atom. The minimum Gasteiger partial charge on any atom is -0.361 e. The monoisotopic (exact) mass is 243 g/mol. The van der Waals surface area contributed by atoms with E-state index in [0.717, 1.165) is 29.4 Å².